The first-order valence-corrected chi connectivity index (χ1v) is 14.1. The molecule has 1 N–H and O–H groups in total. The maximum absolute atomic E-state index is 13.3. The SMILES string of the molecule is CCCNC(=O)[C@@H](C)N(Cc1cccc(OC)c1)C(=O)CCCN(c1cc(Cl)ccc1C)S(C)(=O)=O. The van der Waals surface area contributed by atoms with Gasteiger partial charge in [-0.15, -0.1) is 0 Å². The molecule has 198 valence electrons. The van der Waals surface area contributed by atoms with Gasteiger partial charge in [0.2, 0.25) is 21.8 Å². The second-order valence-corrected chi connectivity index (χ2v) is 11.1. The monoisotopic (exact) mass is 537 g/mol. The molecule has 0 aromatic heterocycles. The van der Waals surface area contributed by atoms with Crippen LogP contribution in [0.25, 0.3) is 0 Å². The van der Waals surface area contributed by atoms with E-state index in [2.05, 4.69) is 5.32 Å². The quantitative estimate of drug-likeness (QED) is 0.414. The van der Waals surface area contributed by atoms with E-state index in [0.717, 1.165) is 23.8 Å². The van der Waals surface area contributed by atoms with Crippen LogP contribution >= 0.6 is 11.6 Å². The number of carbonyl (C=O) groups excluding carboxylic acids is 2. The first-order valence-electron chi connectivity index (χ1n) is 11.9. The number of amides is 2. The van der Waals surface area contributed by atoms with Crippen molar-refractivity contribution < 1.29 is 22.7 Å². The van der Waals surface area contributed by atoms with Gasteiger partial charge in [0.1, 0.15) is 11.8 Å². The Hall–Kier alpha value is -2.78. The van der Waals surface area contributed by atoms with Crippen LogP contribution in [0.2, 0.25) is 5.02 Å². The Morgan fingerprint density at radius 2 is 1.89 bits per heavy atom. The van der Waals surface area contributed by atoms with Gasteiger partial charge < -0.3 is 15.0 Å². The molecule has 0 aliphatic carbocycles. The summed E-state index contributed by atoms with van der Waals surface area (Å²) in [4.78, 5) is 27.6. The molecule has 0 heterocycles. The molecule has 2 aromatic carbocycles. The van der Waals surface area contributed by atoms with Crippen LogP contribution in [0.15, 0.2) is 42.5 Å². The van der Waals surface area contributed by atoms with Crippen molar-refractivity contribution in [2.24, 2.45) is 0 Å². The second kappa shape index (κ2) is 13.5. The number of nitrogens with one attached hydrogen (secondary N) is 1. The van der Waals surface area contributed by atoms with Gasteiger partial charge in [-0.1, -0.05) is 36.7 Å². The lowest BCUT2D eigenvalue weighted by Crippen LogP contribution is -2.47. The molecule has 36 heavy (non-hydrogen) atoms. The highest BCUT2D eigenvalue weighted by Gasteiger charge is 2.27. The zero-order valence-electron chi connectivity index (χ0n) is 21.6. The van der Waals surface area contributed by atoms with Crippen LogP contribution in [0.5, 0.6) is 5.75 Å². The summed E-state index contributed by atoms with van der Waals surface area (Å²) in [5.74, 6) is 0.178. The lowest BCUT2D eigenvalue weighted by Gasteiger charge is -2.29. The van der Waals surface area contributed by atoms with Crippen LogP contribution in [0, 0.1) is 6.92 Å². The number of hydrogen-bond acceptors (Lipinski definition) is 5. The van der Waals surface area contributed by atoms with Crippen LogP contribution in [0.1, 0.15) is 44.2 Å². The highest BCUT2D eigenvalue weighted by Crippen LogP contribution is 2.27. The Morgan fingerprint density at radius 3 is 2.53 bits per heavy atom. The van der Waals surface area contributed by atoms with Gasteiger partial charge >= 0.3 is 0 Å². The van der Waals surface area contributed by atoms with Gasteiger partial charge in [-0.05, 0) is 62.1 Å². The predicted octanol–water partition coefficient (Wildman–Crippen LogP) is 4.15. The first kappa shape index (κ1) is 29.5. The maximum atomic E-state index is 13.3. The second-order valence-electron chi connectivity index (χ2n) is 8.71. The molecule has 0 bridgehead atoms. The lowest BCUT2D eigenvalue weighted by atomic mass is 10.1. The zero-order chi connectivity index (χ0) is 26.9. The van der Waals surface area contributed by atoms with Crippen molar-refractivity contribution in [2.75, 3.05) is 30.8 Å². The lowest BCUT2D eigenvalue weighted by molar-refractivity contribution is -0.140. The minimum atomic E-state index is -3.60. The third-order valence-corrected chi connectivity index (χ3v) is 7.21. The fourth-order valence-electron chi connectivity index (χ4n) is 3.78. The van der Waals surface area contributed by atoms with Gasteiger partial charge in [-0.3, -0.25) is 13.9 Å². The summed E-state index contributed by atoms with van der Waals surface area (Å²) in [5.41, 5.74) is 2.07. The van der Waals surface area contributed by atoms with E-state index in [4.69, 9.17) is 16.3 Å². The molecule has 0 saturated carbocycles. The van der Waals surface area contributed by atoms with Gasteiger partial charge in [0.15, 0.2) is 0 Å². The van der Waals surface area contributed by atoms with Crippen molar-refractivity contribution in [1.29, 1.82) is 0 Å². The Bertz CT molecular complexity index is 1160. The molecule has 0 aliphatic rings. The van der Waals surface area contributed by atoms with E-state index < -0.39 is 16.1 Å². The average Bonchev–Trinajstić information content (AvgIpc) is 2.84. The molecule has 1 atom stereocenters. The third-order valence-electron chi connectivity index (χ3n) is 5.80. The molecule has 0 saturated heterocycles. The summed E-state index contributed by atoms with van der Waals surface area (Å²) in [5, 5.41) is 3.27. The molecule has 0 aliphatic heterocycles. The van der Waals surface area contributed by atoms with Crippen molar-refractivity contribution in [3.05, 3.63) is 58.6 Å². The minimum absolute atomic E-state index is 0.0704. The molecule has 0 spiro atoms. The fourth-order valence-corrected chi connectivity index (χ4v) is 4.96. The van der Waals surface area contributed by atoms with E-state index in [-0.39, 0.29) is 37.7 Å². The highest BCUT2D eigenvalue weighted by molar-refractivity contribution is 7.92. The molecule has 0 unspecified atom stereocenters. The van der Waals surface area contributed by atoms with Crippen molar-refractivity contribution in [3.63, 3.8) is 0 Å². The highest BCUT2D eigenvalue weighted by atomic mass is 35.5. The normalized spacial score (nSPS) is 12.1. The van der Waals surface area contributed by atoms with Crippen LogP contribution in [-0.4, -0.2) is 57.6 Å². The number of aryl methyl sites for hydroxylation is 1. The van der Waals surface area contributed by atoms with Crippen molar-refractivity contribution >= 4 is 39.1 Å². The van der Waals surface area contributed by atoms with E-state index in [0.29, 0.717) is 23.0 Å². The van der Waals surface area contributed by atoms with Gasteiger partial charge in [0, 0.05) is 31.1 Å². The average molecular weight is 538 g/mol. The molecule has 8 nitrogen and oxygen atoms in total. The van der Waals surface area contributed by atoms with Gasteiger partial charge in [-0.25, -0.2) is 8.42 Å². The van der Waals surface area contributed by atoms with Gasteiger partial charge in [-0.2, -0.15) is 0 Å². The Labute approximate surface area is 219 Å². The summed E-state index contributed by atoms with van der Waals surface area (Å²) < 4.78 is 31.6. The van der Waals surface area contributed by atoms with Crippen LogP contribution < -0.4 is 14.4 Å². The zero-order valence-corrected chi connectivity index (χ0v) is 23.2. The Balaban J connectivity index is 2.21. The van der Waals surface area contributed by atoms with Crippen molar-refractivity contribution in [2.45, 2.75) is 52.6 Å². The molecule has 10 heteroatoms. The largest absolute Gasteiger partial charge is 0.497 e. The van der Waals surface area contributed by atoms with E-state index in [9.17, 15) is 18.0 Å². The predicted molar refractivity (Wildman–Crippen MR) is 144 cm³/mol. The molecule has 2 aromatic rings. The minimum Gasteiger partial charge on any atom is -0.497 e. The summed E-state index contributed by atoms with van der Waals surface area (Å²) >= 11 is 6.11. The summed E-state index contributed by atoms with van der Waals surface area (Å²) in [6, 6.07) is 11.7. The number of benzene rings is 2. The third kappa shape index (κ3) is 8.41. The van der Waals surface area contributed by atoms with Crippen LogP contribution in [0.4, 0.5) is 5.69 Å². The smallest absolute Gasteiger partial charge is 0.242 e. The molecule has 0 fully saturated rings. The van der Waals surface area contributed by atoms with Gasteiger partial charge in [0.25, 0.3) is 0 Å². The van der Waals surface area contributed by atoms with Crippen molar-refractivity contribution in [1.82, 2.24) is 10.2 Å². The summed E-state index contributed by atoms with van der Waals surface area (Å²) in [6.45, 7) is 6.31. The van der Waals surface area contributed by atoms with E-state index in [1.165, 1.54) is 9.21 Å². The molecule has 2 rings (SSSR count). The number of halogens is 1. The molecular formula is C26H36ClN3O5S. The number of hydrogen-bond donors (Lipinski definition) is 1. The standard InChI is InChI=1S/C26H36ClN3O5S/c1-6-14-28-26(32)20(3)29(18-21-9-7-10-23(16-21)35-4)25(31)11-8-15-30(36(5,33)34)24-17-22(27)13-12-19(24)2/h7,9-10,12-13,16-17,20H,6,8,11,14-15,18H2,1-5H3,(H,28,32)/t20-/m1/s1. The van der Waals surface area contributed by atoms with E-state index in [1.54, 1.807) is 32.2 Å². The number of anilines is 1. The Kier molecular flexibility index (Phi) is 11.0. The topological polar surface area (TPSA) is 96.0 Å². The number of methoxy groups -OCH3 is 1. The number of ether oxygens (including phenoxy) is 1. The molecular weight excluding hydrogens is 502 g/mol. The molecule has 2 amide bonds. The van der Waals surface area contributed by atoms with Crippen LogP contribution in [-0.2, 0) is 26.2 Å². The summed E-state index contributed by atoms with van der Waals surface area (Å²) in [7, 11) is -2.03. The maximum Gasteiger partial charge on any atom is 0.242 e. The number of nitrogens with zero attached hydrogens (tertiary/aromatic N) is 2. The Morgan fingerprint density at radius 1 is 1.17 bits per heavy atom. The van der Waals surface area contributed by atoms with E-state index in [1.807, 2.05) is 38.1 Å². The molecule has 0 radical (unpaired) electrons. The van der Waals surface area contributed by atoms with E-state index >= 15 is 0 Å². The fraction of sp³-hybridized carbons (Fsp3) is 0.462. The van der Waals surface area contributed by atoms with Crippen LogP contribution in [0.3, 0.4) is 0 Å². The van der Waals surface area contributed by atoms with Gasteiger partial charge in [0.05, 0.1) is 19.1 Å². The number of carbonyl (C=O) groups is 2. The number of sulfonamides is 1. The van der Waals surface area contributed by atoms with Crippen molar-refractivity contribution in [3.8, 4) is 5.75 Å². The summed E-state index contributed by atoms with van der Waals surface area (Å²) in [6.07, 6.45) is 2.26. The number of rotatable bonds is 13. The first-order chi connectivity index (χ1) is 17.0.